The molecule has 0 aromatic heterocycles. The van der Waals surface area contributed by atoms with Crippen LogP contribution in [0.25, 0.3) is 0 Å². The van der Waals surface area contributed by atoms with E-state index in [-0.39, 0.29) is 5.91 Å². The molecule has 1 heterocycles. The maximum Gasteiger partial charge on any atom is 0.242 e. The summed E-state index contributed by atoms with van der Waals surface area (Å²) in [5, 5.41) is 3.27. The number of piperidine rings is 1. The second-order valence-electron chi connectivity index (χ2n) is 5.90. The Hall–Kier alpha value is -0.610. The summed E-state index contributed by atoms with van der Waals surface area (Å²) in [6.07, 6.45) is 2.21. The number of hydrogen-bond acceptors (Lipinski definition) is 3. The number of rotatable bonds is 6. The number of carbonyl (C=O) groups is 1. The molecule has 4 nitrogen and oxygen atoms in total. The molecule has 1 aliphatic rings. The highest BCUT2D eigenvalue weighted by Crippen LogP contribution is 2.19. The number of nitrogens with one attached hydrogen (secondary N) is 1. The topological polar surface area (TPSA) is 35.6 Å². The summed E-state index contributed by atoms with van der Waals surface area (Å²) in [5.74, 6) is 0.243. The van der Waals surface area contributed by atoms with E-state index in [2.05, 4.69) is 24.1 Å². The first-order chi connectivity index (χ1) is 8.96. The van der Waals surface area contributed by atoms with E-state index in [4.69, 9.17) is 0 Å². The Kier molecular flexibility index (Phi) is 6.27. The van der Waals surface area contributed by atoms with Gasteiger partial charge in [0.25, 0.3) is 0 Å². The van der Waals surface area contributed by atoms with E-state index in [9.17, 15) is 4.79 Å². The van der Waals surface area contributed by atoms with Crippen LogP contribution in [0, 0.1) is 0 Å². The van der Waals surface area contributed by atoms with Crippen molar-refractivity contribution in [3.8, 4) is 0 Å². The molecule has 0 atom stereocenters. The molecule has 4 heteroatoms. The lowest BCUT2D eigenvalue weighted by Crippen LogP contribution is -2.57. The Morgan fingerprint density at radius 2 is 1.74 bits per heavy atom. The lowest BCUT2D eigenvalue weighted by Gasteiger charge is -2.40. The number of likely N-dealkylation sites (tertiary alicyclic amines) is 1. The third-order valence-corrected chi connectivity index (χ3v) is 4.23. The molecular weight excluding hydrogens is 238 g/mol. The minimum atomic E-state index is -0.434. The SMILES string of the molecule is CCNC(C)(C)C(=O)N1CCC(N(CC)CC)CC1. The quantitative estimate of drug-likeness (QED) is 0.797. The van der Waals surface area contributed by atoms with Crippen LogP contribution in [0.1, 0.15) is 47.5 Å². The number of nitrogens with zero attached hydrogens (tertiary/aromatic N) is 2. The van der Waals surface area contributed by atoms with Crippen LogP contribution in [0.4, 0.5) is 0 Å². The van der Waals surface area contributed by atoms with Gasteiger partial charge >= 0.3 is 0 Å². The number of amides is 1. The normalized spacial score (nSPS) is 18.1. The Balaban J connectivity index is 2.51. The fraction of sp³-hybridized carbons (Fsp3) is 0.933. The fourth-order valence-electron chi connectivity index (χ4n) is 3.09. The van der Waals surface area contributed by atoms with Crippen molar-refractivity contribution < 1.29 is 4.79 Å². The summed E-state index contributed by atoms with van der Waals surface area (Å²) in [6.45, 7) is 15.3. The van der Waals surface area contributed by atoms with E-state index >= 15 is 0 Å². The van der Waals surface area contributed by atoms with Crippen molar-refractivity contribution in [3.05, 3.63) is 0 Å². The standard InChI is InChI=1S/C15H31N3O/c1-6-16-15(4,5)14(19)18-11-9-13(10-12-18)17(7-2)8-3/h13,16H,6-12H2,1-5H3. The van der Waals surface area contributed by atoms with Gasteiger partial charge in [0, 0.05) is 19.1 Å². The smallest absolute Gasteiger partial charge is 0.242 e. The van der Waals surface area contributed by atoms with Gasteiger partial charge in [-0.15, -0.1) is 0 Å². The van der Waals surface area contributed by atoms with Gasteiger partial charge in [-0.1, -0.05) is 20.8 Å². The molecule has 1 saturated heterocycles. The first-order valence-electron chi connectivity index (χ1n) is 7.74. The summed E-state index contributed by atoms with van der Waals surface area (Å²) in [7, 11) is 0. The molecule has 1 amide bonds. The second-order valence-corrected chi connectivity index (χ2v) is 5.90. The summed E-state index contributed by atoms with van der Waals surface area (Å²) in [5.41, 5.74) is -0.434. The molecule has 1 rings (SSSR count). The Labute approximate surface area is 118 Å². The maximum atomic E-state index is 12.5. The summed E-state index contributed by atoms with van der Waals surface area (Å²) >= 11 is 0. The number of likely N-dealkylation sites (N-methyl/N-ethyl adjacent to an activating group) is 1. The molecule has 0 unspecified atom stereocenters. The van der Waals surface area contributed by atoms with Gasteiger partial charge in [-0.05, 0) is 46.3 Å². The van der Waals surface area contributed by atoms with Crippen molar-refractivity contribution in [3.63, 3.8) is 0 Å². The van der Waals surface area contributed by atoms with Crippen LogP contribution in [-0.2, 0) is 4.79 Å². The van der Waals surface area contributed by atoms with Crippen LogP contribution in [0.15, 0.2) is 0 Å². The van der Waals surface area contributed by atoms with Crippen molar-refractivity contribution in [1.29, 1.82) is 0 Å². The number of carbonyl (C=O) groups excluding carboxylic acids is 1. The van der Waals surface area contributed by atoms with Crippen LogP contribution in [0.3, 0.4) is 0 Å². The zero-order valence-corrected chi connectivity index (χ0v) is 13.3. The molecule has 0 spiro atoms. The second kappa shape index (κ2) is 7.25. The molecule has 0 aromatic rings. The van der Waals surface area contributed by atoms with Crippen molar-refractivity contribution in [2.24, 2.45) is 0 Å². The van der Waals surface area contributed by atoms with Gasteiger partial charge in [0.05, 0.1) is 5.54 Å². The lowest BCUT2D eigenvalue weighted by atomic mass is 9.98. The van der Waals surface area contributed by atoms with Gasteiger partial charge < -0.3 is 15.1 Å². The van der Waals surface area contributed by atoms with Gasteiger partial charge in [0.1, 0.15) is 0 Å². The predicted octanol–water partition coefficient (Wildman–Crippen LogP) is 1.71. The van der Waals surface area contributed by atoms with Crippen molar-refractivity contribution in [2.45, 2.75) is 59.0 Å². The van der Waals surface area contributed by atoms with Crippen LogP contribution in [-0.4, -0.2) is 60.0 Å². The highest BCUT2D eigenvalue weighted by molar-refractivity contribution is 5.85. The Bertz CT molecular complexity index is 279. The third kappa shape index (κ3) is 4.18. The largest absolute Gasteiger partial charge is 0.341 e. The highest BCUT2D eigenvalue weighted by Gasteiger charge is 2.33. The van der Waals surface area contributed by atoms with E-state index < -0.39 is 5.54 Å². The summed E-state index contributed by atoms with van der Waals surface area (Å²) in [6, 6.07) is 0.654. The third-order valence-electron chi connectivity index (χ3n) is 4.23. The highest BCUT2D eigenvalue weighted by atomic mass is 16.2. The molecule has 0 aliphatic carbocycles. The molecule has 0 aromatic carbocycles. The van der Waals surface area contributed by atoms with Gasteiger partial charge in [-0.2, -0.15) is 0 Å². The molecule has 1 aliphatic heterocycles. The molecule has 1 N–H and O–H groups in total. The van der Waals surface area contributed by atoms with E-state index in [1.54, 1.807) is 0 Å². The van der Waals surface area contributed by atoms with Crippen LogP contribution in [0.2, 0.25) is 0 Å². The molecule has 0 radical (unpaired) electrons. The van der Waals surface area contributed by atoms with Crippen molar-refractivity contribution in [2.75, 3.05) is 32.7 Å². The Morgan fingerprint density at radius 1 is 1.21 bits per heavy atom. The zero-order chi connectivity index (χ0) is 14.5. The first kappa shape index (κ1) is 16.4. The molecule has 112 valence electrons. The van der Waals surface area contributed by atoms with Gasteiger partial charge in [0.2, 0.25) is 5.91 Å². The maximum absolute atomic E-state index is 12.5. The number of hydrogen-bond donors (Lipinski definition) is 1. The van der Waals surface area contributed by atoms with Crippen molar-refractivity contribution >= 4 is 5.91 Å². The van der Waals surface area contributed by atoms with Crippen LogP contribution >= 0.6 is 0 Å². The first-order valence-corrected chi connectivity index (χ1v) is 7.74. The molecule has 1 fully saturated rings. The fourth-order valence-corrected chi connectivity index (χ4v) is 3.09. The van der Waals surface area contributed by atoms with E-state index in [0.717, 1.165) is 45.6 Å². The minimum absolute atomic E-state index is 0.243. The lowest BCUT2D eigenvalue weighted by molar-refractivity contribution is -0.138. The van der Waals surface area contributed by atoms with Gasteiger partial charge in [-0.3, -0.25) is 4.79 Å². The average Bonchev–Trinajstić information content (AvgIpc) is 2.40. The monoisotopic (exact) mass is 269 g/mol. The van der Waals surface area contributed by atoms with Gasteiger partial charge in [0.15, 0.2) is 0 Å². The zero-order valence-electron chi connectivity index (χ0n) is 13.3. The molecule has 19 heavy (non-hydrogen) atoms. The van der Waals surface area contributed by atoms with Crippen molar-refractivity contribution in [1.82, 2.24) is 15.1 Å². The predicted molar refractivity (Wildman–Crippen MR) is 80.3 cm³/mol. The summed E-state index contributed by atoms with van der Waals surface area (Å²) in [4.78, 5) is 17.0. The minimum Gasteiger partial charge on any atom is -0.341 e. The molecule has 0 bridgehead atoms. The van der Waals surface area contributed by atoms with Crippen LogP contribution in [0.5, 0.6) is 0 Å². The van der Waals surface area contributed by atoms with E-state index in [1.807, 2.05) is 25.7 Å². The summed E-state index contributed by atoms with van der Waals surface area (Å²) < 4.78 is 0. The average molecular weight is 269 g/mol. The van der Waals surface area contributed by atoms with E-state index in [0.29, 0.717) is 6.04 Å². The van der Waals surface area contributed by atoms with E-state index in [1.165, 1.54) is 0 Å². The molecule has 0 saturated carbocycles. The molecular formula is C15H31N3O. The Morgan fingerprint density at radius 3 is 2.16 bits per heavy atom. The van der Waals surface area contributed by atoms with Crippen LogP contribution < -0.4 is 5.32 Å². The van der Waals surface area contributed by atoms with Gasteiger partial charge in [-0.25, -0.2) is 0 Å².